The third-order valence-corrected chi connectivity index (χ3v) is 3.88. The molecule has 1 aliphatic rings. The van der Waals surface area contributed by atoms with E-state index in [9.17, 15) is 9.59 Å². The van der Waals surface area contributed by atoms with Gasteiger partial charge in [-0.25, -0.2) is 0 Å². The van der Waals surface area contributed by atoms with Crippen molar-refractivity contribution in [3.63, 3.8) is 0 Å². The number of nitrogens with two attached hydrogens (primary N) is 1. The van der Waals surface area contributed by atoms with E-state index in [0.29, 0.717) is 19.4 Å². The van der Waals surface area contributed by atoms with E-state index < -0.39 is 0 Å². The molecule has 0 radical (unpaired) electrons. The molecular weight excluding hydrogens is 266 g/mol. The summed E-state index contributed by atoms with van der Waals surface area (Å²) in [5.74, 6) is -0.0960. The van der Waals surface area contributed by atoms with E-state index in [1.807, 2.05) is 36.1 Å². The Morgan fingerprint density at radius 1 is 1.10 bits per heavy atom. The molecule has 0 aliphatic carbocycles. The SMILES string of the molecule is Cc1ccc(CC(=O)N2CCN(CCC(N)=O)CC2)cc1. The highest BCUT2D eigenvalue weighted by Crippen LogP contribution is 2.08. The fourth-order valence-corrected chi connectivity index (χ4v) is 2.48. The zero-order chi connectivity index (χ0) is 15.2. The molecule has 1 aromatic rings. The predicted molar refractivity (Wildman–Crippen MR) is 81.7 cm³/mol. The third-order valence-electron chi connectivity index (χ3n) is 3.88. The Labute approximate surface area is 125 Å². The number of benzene rings is 1. The van der Waals surface area contributed by atoms with E-state index in [0.717, 1.165) is 31.7 Å². The maximum Gasteiger partial charge on any atom is 0.227 e. The van der Waals surface area contributed by atoms with Crippen molar-refractivity contribution in [2.24, 2.45) is 5.73 Å². The molecule has 0 bridgehead atoms. The van der Waals surface area contributed by atoms with Crippen LogP contribution < -0.4 is 5.73 Å². The summed E-state index contributed by atoms with van der Waals surface area (Å²) in [6.07, 6.45) is 0.846. The van der Waals surface area contributed by atoms with Gasteiger partial charge in [-0.05, 0) is 12.5 Å². The van der Waals surface area contributed by atoms with Gasteiger partial charge in [-0.1, -0.05) is 29.8 Å². The number of rotatable bonds is 5. The van der Waals surface area contributed by atoms with Gasteiger partial charge >= 0.3 is 0 Å². The number of hydrogen-bond acceptors (Lipinski definition) is 3. The molecule has 5 nitrogen and oxygen atoms in total. The first-order valence-corrected chi connectivity index (χ1v) is 7.38. The Hall–Kier alpha value is -1.88. The third kappa shape index (κ3) is 4.86. The second-order valence-corrected chi connectivity index (χ2v) is 5.60. The zero-order valence-corrected chi connectivity index (χ0v) is 12.5. The van der Waals surface area contributed by atoms with Crippen LogP contribution in [0.4, 0.5) is 0 Å². The van der Waals surface area contributed by atoms with Crippen molar-refractivity contribution in [3.05, 3.63) is 35.4 Å². The summed E-state index contributed by atoms with van der Waals surface area (Å²) in [5.41, 5.74) is 7.41. The highest BCUT2D eigenvalue weighted by Gasteiger charge is 2.21. The first kappa shape index (κ1) is 15.5. The van der Waals surface area contributed by atoms with Crippen LogP contribution in [0.5, 0.6) is 0 Å². The fourth-order valence-electron chi connectivity index (χ4n) is 2.48. The minimum Gasteiger partial charge on any atom is -0.370 e. The van der Waals surface area contributed by atoms with Gasteiger partial charge in [0.05, 0.1) is 6.42 Å². The fraction of sp³-hybridized carbons (Fsp3) is 0.500. The summed E-state index contributed by atoms with van der Waals surface area (Å²) in [5, 5.41) is 0. The van der Waals surface area contributed by atoms with E-state index in [1.165, 1.54) is 5.56 Å². The lowest BCUT2D eigenvalue weighted by Crippen LogP contribution is -2.49. The van der Waals surface area contributed by atoms with E-state index >= 15 is 0 Å². The van der Waals surface area contributed by atoms with Gasteiger partial charge in [0, 0.05) is 39.1 Å². The van der Waals surface area contributed by atoms with Gasteiger partial charge in [-0.3, -0.25) is 14.5 Å². The van der Waals surface area contributed by atoms with Gasteiger partial charge in [-0.15, -0.1) is 0 Å². The molecule has 0 aromatic heterocycles. The first-order valence-electron chi connectivity index (χ1n) is 7.38. The molecule has 1 saturated heterocycles. The van der Waals surface area contributed by atoms with Crippen molar-refractivity contribution < 1.29 is 9.59 Å². The van der Waals surface area contributed by atoms with E-state index in [-0.39, 0.29) is 11.8 Å². The molecule has 21 heavy (non-hydrogen) atoms. The molecule has 0 spiro atoms. The number of carbonyl (C=O) groups is 2. The average Bonchev–Trinajstić information content (AvgIpc) is 2.48. The molecule has 5 heteroatoms. The Kier molecular flexibility index (Phi) is 5.33. The molecule has 1 aliphatic heterocycles. The van der Waals surface area contributed by atoms with E-state index in [1.54, 1.807) is 0 Å². The van der Waals surface area contributed by atoms with Crippen LogP contribution >= 0.6 is 0 Å². The number of carbonyl (C=O) groups excluding carboxylic acids is 2. The minimum atomic E-state index is -0.270. The molecular formula is C16H23N3O2. The summed E-state index contributed by atoms with van der Waals surface area (Å²) in [7, 11) is 0. The number of primary amides is 1. The Bertz CT molecular complexity index is 491. The van der Waals surface area contributed by atoms with Crippen molar-refractivity contribution >= 4 is 11.8 Å². The average molecular weight is 289 g/mol. The Balaban J connectivity index is 1.77. The lowest BCUT2D eigenvalue weighted by Gasteiger charge is -2.34. The number of nitrogens with zero attached hydrogens (tertiary/aromatic N) is 2. The maximum atomic E-state index is 12.3. The van der Waals surface area contributed by atoms with Gasteiger partial charge in [0.2, 0.25) is 11.8 Å². The summed E-state index contributed by atoms with van der Waals surface area (Å²) < 4.78 is 0. The van der Waals surface area contributed by atoms with Crippen LogP contribution in [0.3, 0.4) is 0 Å². The van der Waals surface area contributed by atoms with E-state index in [4.69, 9.17) is 5.73 Å². The van der Waals surface area contributed by atoms with Crippen molar-refractivity contribution in [2.45, 2.75) is 19.8 Å². The van der Waals surface area contributed by atoms with Crippen LogP contribution in [-0.2, 0) is 16.0 Å². The highest BCUT2D eigenvalue weighted by molar-refractivity contribution is 5.79. The van der Waals surface area contributed by atoms with Gasteiger partial charge < -0.3 is 10.6 Å². The summed E-state index contributed by atoms with van der Waals surface area (Å²) in [4.78, 5) is 27.1. The number of hydrogen-bond donors (Lipinski definition) is 1. The second-order valence-electron chi connectivity index (χ2n) is 5.60. The van der Waals surface area contributed by atoms with Gasteiger partial charge in [0.25, 0.3) is 0 Å². The standard InChI is InChI=1S/C16H23N3O2/c1-13-2-4-14(5-3-13)12-16(21)19-10-8-18(9-11-19)7-6-15(17)20/h2-5H,6-12H2,1H3,(H2,17,20). The lowest BCUT2D eigenvalue weighted by molar-refractivity contribution is -0.132. The lowest BCUT2D eigenvalue weighted by atomic mass is 10.1. The Morgan fingerprint density at radius 3 is 2.29 bits per heavy atom. The molecule has 2 rings (SSSR count). The monoisotopic (exact) mass is 289 g/mol. The van der Waals surface area contributed by atoms with Gasteiger partial charge in [-0.2, -0.15) is 0 Å². The van der Waals surface area contributed by atoms with Crippen molar-refractivity contribution in [1.82, 2.24) is 9.80 Å². The molecule has 1 fully saturated rings. The molecule has 0 saturated carbocycles. The molecule has 2 N–H and O–H groups in total. The number of amides is 2. The highest BCUT2D eigenvalue weighted by atomic mass is 16.2. The molecule has 114 valence electrons. The van der Waals surface area contributed by atoms with Crippen molar-refractivity contribution in [1.29, 1.82) is 0 Å². The van der Waals surface area contributed by atoms with Gasteiger partial charge in [0.1, 0.15) is 0 Å². The van der Waals surface area contributed by atoms with Crippen LogP contribution in [0.25, 0.3) is 0 Å². The molecule has 2 amide bonds. The van der Waals surface area contributed by atoms with Crippen LogP contribution in [0, 0.1) is 6.92 Å². The van der Waals surface area contributed by atoms with Crippen LogP contribution in [0.15, 0.2) is 24.3 Å². The van der Waals surface area contributed by atoms with E-state index in [2.05, 4.69) is 4.90 Å². The van der Waals surface area contributed by atoms with Gasteiger partial charge in [0.15, 0.2) is 0 Å². The second kappa shape index (κ2) is 7.22. The quantitative estimate of drug-likeness (QED) is 0.861. The minimum absolute atomic E-state index is 0.174. The molecule has 1 heterocycles. The summed E-state index contributed by atoms with van der Waals surface area (Å²) >= 11 is 0. The van der Waals surface area contributed by atoms with Crippen LogP contribution in [0.1, 0.15) is 17.5 Å². The summed E-state index contributed by atoms with van der Waals surface area (Å²) in [6, 6.07) is 8.08. The molecule has 0 atom stereocenters. The zero-order valence-electron chi connectivity index (χ0n) is 12.5. The van der Waals surface area contributed by atoms with Crippen LogP contribution in [-0.4, -0.2) is 54.3 Å². The van der Waals surface area contributed by atoms with Crippen molar-refractivity contribution in [2.75, 3.05) is 32.7 Å². The number of piperazine rings is 1. The predicted octanol–water partition coefficient (Wildman–Crippen LogP) is 0.557. The molecule has 0 unspecified atom stereocenters. The smallest absolute Gasteiger partial charge is 0.227 e. The largest absolute Gasteiger partial charge is 0.370 e. The normalized spacial score (nSPS) is 16.0. The number of aryl methyl sites for hydroxylation is 1. The maximum absolute atomic E-state index is 12.3. The molecule has 1 aromatic carbocycles. The van der Waals surface area contributed by atoms with Crippen LogP contribution in [0.2, 0.25) is 0 Å². The first-order chi connectivity index (χ1) is 10.0. The summed E-state index contributed by atoms with van der Waals surface area (Å²) in [6.45, 7) is 5.80. The Morgan fingerprint density at radius 2 is 1.71 bits per heavy atom. The van der Waals surface area contributed by atoms with Crippen molar-refractivity contribution in [3.8, 4) is 0 Å². The topological polar surface area (TPSA) is 66.6 Å².